The van der Waals surface area contributed by atoms with Crippen LogP contribution in [0.5, 0.6) is 0 Å². The van der Waals surface area contributed by atoms with E-state index in [1.807, 2.05) is 0 Å². The summed E-state index contributed by atoms with van der Waals surface area (Å²) in [5.41, 5.74) is 0. The van der Waals surface area contributed by atoms with E-state index in [2.05, 4.69) is 13.8 Å². The minimum atomic E-state index is -0.856. The topological polar surface area (TPSA) is 74.6 Å². The molecule has 4 heteroatoms. The molecule has 4 nitrogen and oxygen atoms in total. The standard InChI is InChI=1S/C34H66O4/c1-3-5-7-9-11-13-15-16-17-19-21-23-25-27-29-32(34(37)38)31(30-33(35)36)28-26-24-22-20-18-14-12-10-8-6-4-2/h31-32H,3-30H2,1-2H3,(H,35,36)(H,37,38). The van der Waals surface area contributed by atoms with E-state index in [4.69, 9.17) is 0 Å². The molecule has 0 aliphatic rings. The zero-order chi connectivity index (χ0) is 28.1. The molecule has 0 amide bonds. The molecule has 0 rings (SSSR count). The second kappa shape index (κ2) is 28.9. The van der Waals surface area contributed by atoms with Gasteiger partial charge in [-0.3, -0.25) is 9.59 Å². The highest BCUT2D eigenvalue weighted by atomic mass is 16.4. The van der Waals surface area contributed by atoms with Crippen LogP contribution in [0, 0.1) is 11.8 Å². The number of hydrogen-bond donors (Lipinski definition) is 2. The number of unbranched alkanes of at least 4 members (excludes halogenated alkanes) is 23. The average molecular weight is 539 g/mol. The summed E-state index contributed by atoms with van der Waals surface area (Å²) in [6.07, 6.45) is 33.2. The lowest BCUT2D eigenvalue weighted by Crippen LogP contribution is -2.26. The normalized spacial score (nSPS) is 13.0. The Labute approximate surface area is 237 Å². The fraction of sp³-hybridized carbons (Fsp3) is 0.941. The number of aliphatic carboxylic acids is 2. The molecule has 0 radical (unpaired) electrons. The molecule has 0 saturated carbocycles. The molecule has 0 aromatic carbocycles. The minimum absolute atomic E-state index is 0.00662. The molecule has 0 saturated heterocycles. The summed E-state index contributed by atoms with van der Waals surface area (Å²) >= 11 is 0. The van der Waals surface area contributed by atoms with Gasteiger partial charge in [0.15, 0.2) is 0 Å². The van der Waals surface area contributed by atoms with E-state index in [0.717, 1.165) is 32.1 Å². The van der Waals surface area contributed by atoms with Crippen LogP contribution in [0.2, 0.25) is 0 Å². The van der Waals surface area contributed by atoms with E-state index in [1.54, 1.807) is 0 Å². The molecule has 2 N–H and O–H groups in total. The molecule has 0 aliphatic heterocycles. The van der Waals surface area contributed by atoms with Gasteiger partial charge >= 0.3 is 11.9 Å². The SMILES string of the molecule is CCCCCCCCCCCCCCCCC(C(=O)O)C(CCCCCCCCCCCCC)CC(=O)O. The average Bonchev–Trinajstić information content (AvgIpc) is 2.88. The summed E-state index contributed by atoms with van der Waals surface area (Å²) in [4.78, 5) is 23.4. The number of carbonyl (C=O) groups is 2. The summed E-state index contributed by atoms with van der Waals surface area (Å²) in [6.45, 7) is 4.52. The molecule has 2 unspecified atom stereocenters. The molecule has 0 bridgehead atoms. The highest BCUT2D eigenvalue weighted by Gasteiger charge is 2.29. The van der Waals surface area contributed by atoms with Crippen molar-refractivity contribution in [2.45, 2.75) is 194 Å². The first-order valence-corrected chi connectivity index (χ1v) is 17.0. The Hall–Kier alpha value is -1.06. The van der Waals surface area contributed by atoms with Gasteiger partial charge in [-0.1, -0.05) is 174 Å². The van der Waals surface area contributed by atoms with Gasteiger partial charge in [-0.2, -0.15) is 0 Å². The summed E-state index contributed by atoms with van der Waals surface area (Å²) in [5, 5.41) is 19.2. The predicted octanol–water partition coefficient (Wildman–Crippen LogP) is 11.4. The fourth-order valence-corrected chi connectivity index (χ4v) is 5.86. The van der Waals surface area contributed by atoms with Crippen molar-refractivity contribution < 1.29 is 19.8 Å². The molecule has 226 valence electrons. The van der Waals surface area contributed by atoms with Crippen LogP contribution in [0.4, 0.5) is 0 Å². The minimum Gasteiger partial charge on any atom is -0.481 e. The maximum absolute atomic E-state index is 12.0. The molecular formula is C34H66O4. The maximum atomic E-state index is 12.0. The third-order valence-corrected chi connectivity index (χ3v) is 8.37. The maximum Gasteiger partial charge on any atom is 0.306 e. The van der Waals surface area contributed by atoms with Gasteiger partial charge in [-0.05, 0) is 18.8 Å². The molecule has 0 spiro atoms. The van der Waals surface area contributed by atoms with Gasteiger partial charge in [0.1, 0.15) is 0 Å². The van der Waals surface area contributed by atoms with E-state index in [-0.39, 0.29) is 12.3 Å². The van der Waals surface area contributed by atoms with Crippen LogP contribution in [0.25, 0.3) is 0 Å². The van der Waals surface area contributed by atoms with Gasteiger partial charge in [-0.25, -0.2) is 0 Å². The van der Waals surface area contributed by atoms with E-state index in [9.17, 15) is 19.8 Å². The molecule has 2 atom stereocenters. The predicted molar refractivity (Wildman–Crippen MR) is 163 cm³/mol. The van der Waals surface area contributed by atoms with Crippen LogP contribution in [0.1, 0.15) is 194 Å². The highest BCUT2D eigenvalue weighted by Crippen LogP contribution is 2.28. The van der Waals surface area contributed by atoms with Crippen molar-refractivity contribution >= 4 is 11.9 Å². The van der Waals surface area contributed by atoms with E-state index in [0.29, 0.717) is 6.42 Å². The quantitative estimate of drug-likeness (QED) is 0.0860. The van der Waals surface area contributed by atoms with Gasteiger partial charge < -0.3 is 10.2 Å². The molecule has 38 heavy (non-hydrogen) atoms. The van der Waals surface area contributed by atoms with Gasteiger partial charge in [0.2, 0.25) is 0 Å². The Morgan fingerprint density at radius 3 is 1.03 bits per heavy atom. The van der Waals surface area contributed by atoms with Crippen LogP contribution < -0.4 is 0 Å². The van der Waals surface area contributed by atoms with Crippen LogP contribution in [-0.4, -0.2) is 22.2 Å². The second-order valence-electron chi connectivity index (χ2n) is 12.0. The Bertz CT molecular complexity index is 519. The summed E-state index contributed by atoms with van der Waals surface area (Å²) in [7, 11) is 0. The van der Waals surface area contributed by atoms with Gasteiger partial charge in [0.25, 0.3) is 0 Å². The zero-order valence-corrected chi connectivity index (χ0v) is 25.7. The van der Waals surface area contributed by atoms with Crippen LogP contribution in [-0.2, 0) is 9.59 Å². The lowest BCUT2D eigenvalue weighted by Gasteiger charge is -2.23. The number of carboxylic acid groups (broad SMARTS) is 2. The first-order valence-electron chi connectivity index (χ1n) is 17.0. The molecule has 0 aliphatic carbocycles. The monoisotopic (exact) mass is 538 g/mol. The van der Waals surface area contributed by atoms with Gasteiger partial charge in [-0.15, -0.1) is 0 Å². The number of rotatable bonds is 31. The van der Waals surface area contributed by atoms with E-state index in [1.165, 1.54) is 135 Å². The van der Waals surface area contributed by atoms with E-state index < -0.39 is 17.9 Å². The Morgan fingerprint density at radius 2 is 0.737 bits per heavy atom. The first kappa shape index (κ1) is 36.9. The number of hydrogen-bond acceptors (Lipinski definition) is 2. The van der Waals surface area contributed by atoms with Crippen molar-refractivity contribution in [2.75, 3.05) is 0 Å². The van der Waals surface area contributed by atoms with Gasteiger partial charge in [0.05, 0.1) is 5.92 Å². The third-order valence-electron chi connectivity index (χ3n) is 8.37. The molecule has 0 fully saturated rings. The second-order valence-corrected chi connectivity index (χ2v) is 12.0. The lowest BCUT2D eigenvalue weighted by atomic mass is 9.82. The van der Waals surface area contributed by atoms with Crippen molar-refractivity contribution in [1.82, 2.24) is 0 Å². The van der Waals surface area contributed by atoms with Gasteiger partial charge in [0, 0.05) is 6.42 Å². The zero-order valence-electron chi connectivity index (χ0n) is 25.7. The Morgan fingerprint density at radius 1 is 0.447 bits per heavy atom. The Balaban J connectivity index is 3.95. The van der Waals surface area contributed by atoms with Crippen molar-refractivity contribution in [3.8, 4) is 0 Å². The third kappa shape index (κ3) is 25.2. The molecular weight excluding hydrogens is 472 g/mol. The van der Waals surface area contributed by atoms with Crippen molar-refractivity contribution in [2.24, 2.45) is 11.8 Å². The first-order chi connectivity index (χ1) is 18.5. The van der Waals surface area contributed by atoms with Crippen LogP contribution in [0.3, 0.4) is 0 Å². The van der Waals surface area contributed by atoms with Crippen LogP contribution in [0.15, 0.2) is 0 Å². The van der Waals surface area contributed by atoms with Crippen molar-refractivity contribution in [1.29, 1.82) is 0 Å². The van der Waals surface area contributed by atoms with Crippen LogP contribution >= 0.6 is 0 Å². The Kier molecular flexibility index (Phi) is 28.1. The number of carboxylic acids is 2. The largest absolute Gasteiger partial charge is 0.481 e. The molecule has 0 aromatic heterocycles. The molecule has 0 aromatic rings. The van der Waals surface area contributed by atoms with Crippen molar-refractivity contribution in [3.63, 3.8) is 0 Å². The highest BCUT2D eigenvalue weighted by molar-refractivity contribution is 5.72. The fourth-order valence-electron chi connectivity index (χ4n) is 5.86. The van der Waals surface area contributed by atoms with E-state index >= 15 is 0 Å². The lowest BCUT2D eigenvalue weighted by molar-refractivity contribution is -0.146. The smallest absolute Gasteiger partial charge is 0.306 e. The summed E-state index contributed by atoms with van der Waals surface area (Å²) in [5.74, 6) is -2.39. The summed E-state index contributed by atoms with van der Waals surface area (Å²) in [6, 6.07) is 0. The van der Waals surface area contributed by atoms with Crippen molar-refractivity contribution in [3.05, 3.63) is 0 Å². The summed E-state index contributed by atoms with van der Waals surface area (Å²) < 4.78 is 0. The molecule has 0 heterocycles.